The van der Waals surface area contributed by atoms with E-state index in [2.05, 4.69) is 0 Å². The minimum atomic E-state index is -0.806. The number of carbonyl (C=O) groups excluding carboxylic acids is 1. The fraction of sp³-hybridized carbons (Fsp3) is 0.500. The van der Waals surface area contributed by atoms with Gasteiger partial charge in [0.15, 0.2) is 0 Å². The Morgan fingerprint density at radius 1 is 1.33 bits per heavy atom. The van der Waals surface area contributed by atoms with Crippen LogP contribution in [-0.4, -0.2) is 19.7 Å². The molecule has 1 aromatic carbocycles. The van der Waals surface area contributed by atoms with Gasteiger partial charge >= 0.3 is 5.97 Å². The Hall–Kier alpha value is -1.55. The number of hydrogen-bond donors (Lipinski definition) is 1. The van der Waals surface area contributed by atoms with E-state index in [0.717, 1.165) is 16.7 Å². The third-order valence-corrected chi connectivity index (χ3v) is 3.09. The lowest BCUT2D eigenvalue weighted by molar-refractivity contribution is -0.144. The summed E-state index contributed by atoms with van der Waals surface area (Å²) in [5, 5.41) is 0. The first kappa shape index (κ1) is 14.5. The monoisotopic (exact) mass is 251 g/mol. The summed E-state index contributed by atoms with van der Waals surface area (Å²) in [7, 11) is 1.59. The SMILES string of the molecule is CCOC(=O)C(N)c1c(C)cc(C)c(C)c1OC. The predicted molar refractivity (Wildman–Crippen MR) is 70.8 cm³/mol. The number of hydrogen-bond acceptors (Lipinski definition) is 4. The first-order valence-corrected chi connectivity index (χ1v) is 6.00. The lowest BCUT2D eigenvalue weighted by Crippen LogP contribution is -2.25. The van der Waals surface area contributed by atoms with Crippen LogP contribution in [0.3, 0.4) is 0 Å². The highest BCUT2D eigenvalue weighted by atomic mass is 16.5. The van der Waals surface area contributed by atoms with E-state index in [1.807, 2.05) is 26.8 Å². The van der Waals surface area contributed by atoms with Crippen molar-refractivity contribution in [3.05, 3.63) is 28.3 Å². The van der Waals surface area contributed by atoms with Gasteiger partial charge in [-0.3, -0.25) is 0 Å². The van der Waals surface area contributed by atoms with Gasteiger partial charge in [-0.15, -0.1) is 0 Å². The van der Waals surface area contributed by atoms with Gasteiger partial charge in [-0.25, -0.2) is 4.79 Å². The van der Waals surface area contributed by atoms with Gasteiger partial charge in [-0.2, -0.15) is 0 Å². The van der Waals surface area contributed by atoms with Crippen molar-refractivity contribution in [1.82, 2.24) is 0 Å². The summed E-state index contributed by atoms with van der Waals surface area (Å²) in [5.74, 6) is 0.246. The third kappa shape index (κ3) is 2.64. The lowest BCUT2D eigenvalue weighted by atomic mass is 9.94. The van der Waals surface area contributed by atoms with Crippen LogP contribution in [0, 0.1) is 20.8 Å². The molecule has 4 heteroatoms. The first-order chi connectivity index (χ1) is 8.43. The molecule has 1 atom stereocenters. The quantitative estimate of drug-likeness (QED) is 0.833. The molecule has 0 bridgehead atoms. The number of methoxy groups -OCH3 is 1. The highest BCUT2D eigenvalue weighted by Gasteiger charge is 2.24. The van der Waals surface area contributed by atoms with Gasteiger partial charge in [0.25, 0.3) is 0 Å². The van der Waals surface area contributed by atoms with E-state index in [0.29, 0.717) is 17.9 Å². The Morgan fingerprint density at radius 2 is 1.94 bits per heavy atom. The van der Waals surface area contributed by atoms with Crippen LogP contribution < -0.4 is 10.5 Å². The molecule has 1 rings (SSSR count). The molecule has 0 spiro atoms. The third-order valence-electron chi connectivity index (χ3n) is 3.09. The molecule has 1 aromatic rings. The summed E-state index contributed by atoms with van der Waals surface area (Å²) in [5.41, 5.74) is 9.73. The zero-order chi connectivity index (χ0) is 13.9. The molecule has 0 aromatic heterocycles. The number of benzene rings is 1. The van der Waals surface area contributed by atoms with E-state index >= 15 is 0 Å². The molecule has 4 nitrogen and oxygen atoms in total. The second-order valence-electron chi connectivity index (χ2n) is 4.31. The van der Waals surface area contributed by atoms with Crippen molar-refractivity contribution in [2.24, 2.45) is 5.73 Å². The smallest absolute Gasteiger partial charge is 0.327 e. The average molecular weight is 251 g/mol. The largest absolute Gasteiger partial charge is 0.496 e. The van der Waals surface area contributed by atoms with Gasteiger partial charge in [-0.05, 0) is 44.4 Å². The molecule has 0 saturated carbocycles. The number of ether oxygens (including phenoxy) is 2. The molecule has 1 unspecified atom stereocenters. The van der Waals surface area contributed by atoms with Crippen molar-refractivity contribution in [2.45, 2.75) is 33.7 Å². The van der Waals surface area contributed by atoms with Crippen molar-refractivity contribution in [3.63, 3.8) is 0 Å². The van der Waals surface area contributed by atoms with Crippen LogP contribution in [0.2, 0.25) is 0 Å². The summed E-state index contributed by atoms with van der Waals surface area (Å²) in [6.45, 7) is 7.96. The summed E-state index contributed by atoms with van der Waals surface area (Å²) < 4.78 is 10.4. The number of esters is 1. The molecule has 2 N–H and O–H groups in total. The Bertz CT molecular complexity index is 455. The second kappa shape index (κ2) is 5.87. The van der Waals surface area contributed by atoms with Gasteiger partial charge in [0.1, 0.15) is 11.8 Å². The number of aryl methyl sites for hydroxylation is 2. The van der Waals surface area contributed by atoms with Crippen LogP contribution in [0.1, 0.15) is 35.2 Å². The first-order valence-electron chi connectivity index (χ1n) is 6.00. The molecular formula is C14H21NO3. The number of nitrogens with two attached hydrogens (primary N) is 1. The molecule has 0 heterocycles. The fourth-order valence-electron chi connectivity index (χ4n) is 2.07. The molecule has 18 heavy (non-hydrogen) atoms. The predicted octanol–water partition coefficient (Wildman–Crippen LogP) is 2.18. The zero-order valence-corrected chi connectivity index (χ0v) is 11.7. The molecule has 0 amide bonds. The van der Waals surface area contributed by atoms with E-state index in [4.69, 9.17) is 15.2 Å². The Kier molecular flexibility index (Phi) is 4.73. The highest BCUT2D eigenvalue weighted by Crippen LogP contribution is 2.33. The summed E-state index contributed by atoms with van der Waals surface area (Å²) in [4.78, 5) is 11.8. The van der Waals surface area contributed by atoms with Gasteiger partial charge in [0.05, 0.1) is 13.7 Å². The Labute approximate surface area is 108 Å². The van der Waals surface area contributed by atoms with Crippen LogP contribution in [0.4, 0.5) is 0 Å². The lowest BCUT2D eigenvalue weighted by Gasteiger charge is -2.20. The van der Waals surface area contributed by atoms with Crippen LogP contribution in [0.25, 0.3) is 0 Å². The summed E-state index contributed by atoms with van der Waals surface area (Å²) in [6.07, 6.45) is 0. The Balaban J connectivity index is 3.31. The van der Waals surface area contributed by atoms with Crippen LogP contribution in [-0.2, 0) is 9.53 Å². The molecule has 0 aliphatic rings. The molecule has 0 aliphatic heterocycles. The summed E-state index contributed by atoms with van der Waals surface area (Å²) in [6, 6.07) is 1.20. The second-order valence-corrected chi connectivity index (χ2v) is 4.31. The maximum Gasteiger partial charge on any atom is 0.327 e. The minimum Gasteiger partial charge on any atom is -0.496 e. The van der Waals surface area contributed by atoms with Crippen molar-refractivity contribution in [2.75, 3.05) is 13.7 Å². The maximum absolute atomic E-state index is 11.8. The highest BCUT2D eigenvalue weighted by molar-refractivity contribution is 5.79. The van der Waals surface area contributed by atoms with E-state index in [9.17, 15) is 4.79 Å². The van der Waals surface area contributed by atoms with Crippen molar-refractivity contribution in [3.8, 4) is 5.75 Å². The minimum absolute atomic E-state index is 0.318. The van der Waals surface area contributed by atoms with Gasteiger partial charge in [0, 0.05) is 5.56 Å². The Morgan fingerprint density at radius 3 is 2.44 bits per heavy atom. The van der Waals surface area contributed by atoms with E-state index < -0.39 is 12.0 Å². The van der Waals surface area contributed by atoms with Gasteiger partial charge in [-0.1, -0.05) is 6.07 Å². The van der Waals surface area contributed by atoms with Crippen molar-refractivity contribution >= 4 is 5.97 Å². The molecule has 0 saturated heterocycles. The number of rotatable bonds is 4. The molecular weight excluding hydrogens is 230 g/mol. The van der Waals surface area contributed by atoms with Crippen LogP contribution >= 0.6 is 0 Å². The van der Waals surface area contributed by atoms with E-state index in [1.165, 1.54) is 0 Å². The number of carbonyl (C=O) groups is 1. The molecule has 100 valence electrons. The van der Waals surface area contributed by atoms with Crippen LogP contribution in [0.5, 0.6) is 5.75 Å². The van der Waals surface area contributed by atoms with Crippen molar-refractivity contribution in [1.29, 1.82) is 0 Å². The molecule has 0 fully saturated rings. The van der Waals surface area contributed by atoms with Crippen LogP contribution in [0.15, 0.2) is 6.07 Å². The fourth-order valence-corrected chi connectivity index (χ4v) is 2.07. The maximum atomic E-state index is 11.8. The van der Waals surface area contributed by atoms with Gasteiger partial charge in [0.2, 0.25) is 0 Å². The van der Waals surface area contributed by atoms with Crippen molar-refractivity contribution < 1.29 is 14.3 Å². The van der Waals surface area contributed by atoms with E-state index in [1.54, 1.807) is 14.0 Å². The zero-order valence-electron chi connectivity index (χ0n) is 11.7. The molecule has 0 aliphatic carbocycles. The standard InChI is InChI=1S/C14H21NO3/c1-6-18-14(16)12(15)11-9(3)7-8(2)10(4)13(11)17-5/h7,12H,6,15H2,1-5H3. The topological polar surface area (TPSA) is 61.5 Å². The van der Waals surface area contributed by atoms with E-state index in [-0.39, 0.29) is 0 Å². The normalized spacial score (nSPS) is 12.1. The molecule has 0 radical (unpaired) electrons. The summed E-state index contributed by atoms with van der Waals surface area (Å²) >= 11 is 0. The van der Waals surface area contributed by atoms with Gasteiger partial charge < -0.3 is 15.2 Å². The average Bonchev–Trinajstić information content (AvgIpc) is 2.32.